The van der Waals surface area contributed by atoms with Crippen LogP contribution in [0, 0.1) is 22.7 Å². The molecule has 0 amide bonds. The predicted octanol–water partition coefficient (Wildman–Crippen LogP) is 4.41. The van der Waals surface area contributed by atoms with Crippen LogP contribution in [0.4, 0.5) is 0 Å². The lowest BCUT2D eigenvalue weighted by molar-refractivity contribution is -0.122. The topological polar surface area (TPSA) is 24.1 Å². The molecule has 4 bridgehead atoms. The molecular formula is C18H36Cl2N2. The van der Waals surface area contributed by atoms with Gasteiger partial charge in [-0.1, -0.05) is 0 Å². The average Bonchev–Trinajstić information content (AvgIpc) is 2.35. The van der Waals surface area contributed by atoms with Gasteiger partial charge < -0.3 is 10.6 Å². The second-order valence-corrected chi connectivity index (χ2v) is 8.75. The van der Waals surface area contributed by atoms with Crippen molar-refractivity contribution in [2.24, 2.45) is 22.7 Å². The van der Waals surface area contributed by atoms with E-state index in [9.17, 15) is 0 Å². The second-order valence-electron chi connectivity index (χ2n) is 8.75. The van der Waals surface area contributed by atoms with E-state index < -0.39 is 0 Å². The molecule has 0 aromatic rings. The molecule has 2 N–H and O–H groups in total. The normalized spacial score (nSPS) is 41.5. The molecule has 0 spiro atoms. The molecular weight excluding hydrogens is 315 g/mol. The summed E-state index contributed by atoms with van der Waals surface area (Å²) in [6, 6.07) is 1.37. The molecule has 2 unspecified atom stereocenters. The summed E-state index contributed by atoms with van der Waals surface area (Å²) in [6.45, 7) is 4.75. The summed E-state index contributed by atoms with van der Waals surface area (Å²) in [6.07, 6.45) is 12.0. The first-order valence-electron chi connectivity index (χ1n) is 8.83. The molecule has 0 aromatic heterocycles. The van der Waals surface area contributed by atoms with E-state index in [0.717, 1.165) is 11.8 Å². The molecule has 2 atom stereocenters. The minimum atomic E-state index is 0. The summed E-state index contributed by atoms with van der Waals surface area (Å²) in [5.41, 5.74) is 1.36. The van der Waals surface area contributed by atoms with Crippen LogP contribution in [0.5, 0.6) is 0 Å². The zero-order valence-electron chi connectivity index (χ0n) is 14.8. The van der Waals surface area contributed by atoms with Gasteiger partial charge in [0.2, 0.25) is 0 Å². The first kappa shape index (κ1) is 20.5. The largest absolute Gasteiger partial charge is 0.317 e. The Morgan fingerprint density at radius 3 is 1.50 bits per heavy atom. The first-order valence-corrected chi connectivity index (χ1v) is 8.83. The van der Waals surface area contributed by atoms with Crippen molar-refractivity contribution in [2.45, 2.75) is 77.3 Å². The Balaban J connectivity index is 0.00000121. The van der Waals surface area contributed by atoms with Crippen molar-refractivity contribution in [1.82, 2.24) is 10.6 Å². The fourth-order valence-corrected chi connectivity index (χ4v) is 6.63. The summed E-state index contributed by atoms with van der Waals surface area (Å²) in [5, 5.41) is 6.98. The van der Waals surface area contributed by atoms with E-state index in [1.54, 1.807) is 6.42 Å². The summed E-state index contributed by atoms with van der Waals surface area (Å²) < 4.78 is 0. The standard InChI is InChI=1S/C18H34N2.2ClH/c1-13(19-3)6-17-8-15-5-16(9-17)11-18(10-15,12-17)7-14(2)20-4;;/h13-16,19-20H,5-12H2,1-4H3;2*1H. The molecule has 0 heterocycles. The molecule has 4 aliphatic rings. The number of nitrogens with one attached hydrogen (secondary N) is 2. The van der Waals surface area contributed by atoms with Crippen LogP contribution in [-0.2, 0) is 0 Å². The van der Waals surface area contributed by atoms with Gasteiger partial charge in [-0.2, -0.15) is 0 Å². The van der Waals surface area contributed by atoms with Gasteiger partial charge in [0, 0.05) is 12.1 Å². The molecule has 4 saturated carbocycles. The van der Waals surface area contributed by atoms with Gasteiger partial charge >= 0.3 is 0 Å². The Bertz CT molecular complexity index is 317. The molecule has 22 heavy (non-hydrogen) atoms. The maximum absolute atomic E-state index is 3.49. The number of halogens is 2. The molecule has 4 heteroatoms. The van der Waals surface area contributed by atoms with Crippen molar-refractivity contribution < 1.29 is 0 Å². The molecule has 0 radical (unpaired) electrons. The highest BCUT2D eigenvalue weighted by Crippen LogP contribution is 2.67. The van der Waals surface area contributed by atoms with Gasteiger partial charge in [0.1, 0.15) is 0 Å². The van der Waals surface area contributed by atoms with Crippen LogP contribution in [-0.4, -0.2) is 26.2 Å². The fourth-order valence-electron chi connectivity index (χ4n) is 6.63. The van der Waals surface area contributed by atoms with Gasteiger partial charge in [0.25, 0.3) is 0 Å². The highest BCUT2D eigenvalue weighted by Gasteiger charge is 2.57. The van der Waals surface area contributed by atoms with Crippen molar-refractivity contribution in [3.63, 3.8) is 0 Å². The molecule has 4 fully saturated rings. The third-order valence-electron chi connectivity index (χ3n) is 6.77. The molecule has 4 rings (SSSR count). The van der Waals surface area contributed by atoms with Crippen LogP contribution in [0.25, 0.3) is 0 Å². The Morgan fingerprint density at radius 2 is 1.18 bits per heavy atom. The smallest absolute Gasteiger partial charge is 0.00410 e. The van der Waals surface area contributed by atoms with Crippen molar-refractivity contribution in [2.75, 3.05) is 14.1 Å². The molecule has 132 valence electrons. The fraction of sp³-hybridized carbons (Fsp3) is 1.00. The molecule has 4 aliphatic carbocycles. The van der Waals surface area contributed by atoms with E-state index in [1.165, 1.54) is 44.9 Å². The molecule has 0 aromatic carbocycles. The third-order valence-corrected chi connectivity index (χ3v) is 6.77. The van der Waals surface area contributed by atoms with E-state index in [4.69, 9.17) is 0 Å². The van der Waals surface area contributed by atoms with Crippen LogP contribution in [0.2, 0.25) is 0 Å². The Kier molecular flexibility index (Phi) is 7.09. The monoisotopic (exact) mass is 350 g/mol. The van der Waals surface area contributed by atoms with Crippen LogP contribution in [0.15, 0.2) is 0 Å². The number of hydrogen-bond acceptors (Lipinski definition) is 2. The van der Waals surface area contributed by atoms with Gasteiger partial charge in [0.15, 0.2) is 0 Å². The van der Waals surface area contributed by atoms with E-state index in [0.29, 0.717) is 22.9 Å². The van der Waals surface area contributed by atoms with Crippen LogP contribution >= 0.6 is 24.8 Å². The van der Waals surface area contributed by atoms with Gasteiger partial charge in [-0.3, -0.25) is 0 Å². The van der Waals surface area contributed by atoms with Crippen LogP contribution in [0.3, 0.4) is 0 Å². The first-order chi connectivity index (χ1) is 9.48. The zero-order valence-corrected chi connectivity index (χ0v) is 16.4. The van der Waals surface area contributed by atoms with Gasteiger partial charge in [-0.05, 0) is 102 Å². The predicted molar refractivity (Wildman–Crippen MR) is 100 cm³/mol. The van der Waals surface area contributed by atoms with E-state index in [1.807, 2.05) is 0 Å². The van der Waals surface area contributed by atoms with Crippen LogP contribution < -0.4 is 10.6 Å². The molecule has 2 nitrogen and oxygen atoms in total. The Morgan fingerprint density at radius 1 is 0.818 bits per heavy atom. The van der Waals surface area contributed by atoms with Crippen molar-refractivity contribution in [3.05, 3.63) is 0 Å². The van der Waals surface area contributed by atoms with E-state index in [2.05, 4.69) is 38.6 Å². The third kappa shape index (κ3) is 3.94. The highest BCUT2D eigenvalue weighted by atomic mass is 35.5. The van der Waals surface area contributed by atoms with Crippen molar-refractivity contribution in [1.29, 1.82) is 0 Å². The van der Waals surface area contributed by atoms with E-state index in [-0.39, 0.29) is 24.8 Å². The number of rotatable bonds is 6. The summed E-state index contributed by atoms with van der Waals surface area (Å²) >= 11 is 0. The van der Waals surface area contributed by atoms with Gasteiger partial charge in [-0.25, -0.2) is 0 Å². The molecule has 0 saturated heterocycles. The summed E-state index contributed by atoms with van der Waals surface area (Å²) in [4.78, 5) is 0. The van der Waals surface area contributed by atoms with Crippen molar-refractivity contribution in [3.8, 4) is 0 Å². The van der Waals surface area contributed by atoms with E-state index >= 15 is 0 Å². The summed E-state index contributed by atoms with van der Waals surface area (Å²) in [5.74, 6) is 2.09. The average molecular weight is 351 g/mol. The molecule has 0 aliphatic heterocycles. The highest BCUT2D eigenvalue weighted by molar-refractivity contribution is 5.85. The van der Waals surface area contributed by atoms with Crippen LogP contribution in [0.1, 0.15) is 65.2 Å². The van der Waals surface area contributed by atoms with Gasteiger partial charge in [0.05, 0.1) is 0 Å². The lowest BCUT2D eigenvalue weighted by Gasteiger charge is -2.63. The quantitative estimate of drug-likeness (QED) is 0.741. The lowest BCUT2D eigenvalue weighted by atomic mass is 9.42. The Labute approximate surface area is 149 Å². The number of hydrogen-bond donors (Lipinski definition) is 2. The van der Waals surface area contributed by atoms with Crippen molar-refractivity contribution >= 4 is 24.8 Å². The SMILES string of the molecule is CNC(C)CC12CC3CC(C1)CC(CC(C)NC)(C3)C2.Cl.Cl. The zero-order chi connectivity index (χ0) is 14.4. The Hall–Kier alpha value is 0.500. The maximum Gasteiger partial charge on any atom is 0.00410 e. The lowest BCUT2D eigenvalue weighted by Crippen LogP contribution is -2.54. The second kappa shape index (κ2) is 7.59. The maximum atomic E-state index is 3.49. The minimum Gasteiger partial charge on any atom is -0.317 e. The summed E-state index contributed by atoms with van der Waals surface area (Å²) in [7, 11) is 4.26. The van der Waals surface area contributed by atoms with Gasteiger partial charge in [-0.15, -0.1) is 24.8 Å². The minimum absolute atomic E-state index is 0.